The van der Waals surface area contributed by atoms with Crippen molar-refractivity contribution in [2.45, 2.75) is 19.6 Å². The third-order valence-corrected chi connectivity index (χ3v) is 5.18. The van der Waals surface area contributed by atoms with E-state index in [-0.39, 0.29) is 12.1 Å². The first-order chi connectivity index (χ1) is 14.1. The van der Waals surface area contributed by atoms with Gasteiger partial charge in [-0.2, -0.15) is 5.10 Å². The molecule has 1 aliphatic heterocycles. The van der Waals surface area contributed by atoms with E-state index < -0.39 is 0 Å². The summed E-state index contributed by atoms with van der Waals surface area (Å²) in [6.07, 6.45) is 3.20. The molecule has 1 aromatic heterocycles. The normalized spacial score (nSPS) is 17.7. The second-order valence-electron chi connectivity index (χ2n) is 6.98. The van der Waals surface area contributed by atoms with Crippen molar-refractivity contribution in [3.63, 3.8) is 0 Å². The summed E-state index contributed by atoms with van der Waals surface area (Å²) in [4.78, 5) is 19.2. The maximum absolute atomic E-state index is 12.9. The van der Waals surface area contributed by atoms with Crippen LogP contribution in [0.5, 0.6) is 0 Å². The Morgan fingerprint density at radius 1 is 1.07 bits per heavy atom. The van der Waals surface area contributed by atoms with Crippen molar-refractivity contribution in [2.24, 2.45) is 5.10 Å². The van der Waals surface area contributed by atoms with E-state index in [0.717, 1.165) is 22.4 Å². The topological polar surface area (TPSA) is 48.8 Å². The highest BCUT2D eigenvalue weighted by atomic mass is 35.5. The molecule has 2 aromatic carbocycles. The first kappa shape index (κ1) is 19.3. The van der Waals surface area contributed by atoms with Crippen LogP contribution >= 0.6 is 11.6 Å². The molecule has 0 saturated carbocycles. The summed E-state index contributed by atoms with van der Waals surface area (Å²) in [5.74, 6) is -0.0314. The van der Waals surface area contributed by atoms with E-state index in [2.05, 4.69) is 22.0 Å². The number of carbonyl (C=O) groups excluding carboxylic acids is 1. The molecule has 0 aliphatic carbocycles. The molecule has 0 spiro atoms. The highest BCUT2D eigenvalue weighted by Crippen LogP contribution is 2.32. The summed E-state index contributed by atoms with van der Waals surface area (Å²) < 4.78 is 0. The Hall–Kier alpha value is -3.02. The fourth-order valence-corrected chi connectivity index (χ4v) is 3.62. The van der Waals surface area contributed by atoms with E-state index in [9.17, 15) is 4.79 Å². The number of carbonyl (C=O) groups is 1. The molecule has 5 nitrogen and oxygen atoms in total. The van der Waals surface area contributed by atoms with Crippen molar-refractivity contribution < 1.29 is 4.79 Å². The van der Waals surface area contributed by atoms with Crippen LogP contribution in [0.1, 0.15) is 29.8 Å². The molecule has 1 fully saturated rings. The molecule has 1 aliphatic rings. The van der Waals surface area contributed by atoms with Gasteiger partial charge in [-0.3, -0.25) is 14.7 Å². The molecule has 6 heteroatoms. The van der Waals surface area contributed by atoms with Gasteiger partial charge < -0.3 is 0 Å². The first-order valence-electron chi connectivity index (χ1n) is 9.43. The van der Waals surface area contributed by atoms with Gasteiger partial charge in [-0.15, -0.1) is 0 Å². The average molecular weight is 405 g/mol. The number of rotatable bonds is 5. The van der Waals surface area contributed by atoms with Gasteiger partial charge in [0.05, 0.1) is 12.3 Å². The molecule has 29 heavy (non-hydrogen) atoms. The number of amides is 1. The lowest BCUT2D eigenvalue weighted by atomic mass is 10.1. The van der Waals surface area contributed by atoms with Crippen LogP contribution in [0, 0.1) is 0 Å². The van der Waals surface area contributed by atoms with Crippen molar-refractivity contribution >= 4 is 23.2 Å². The Morgan fingerprint density at radius 3 is 2.45 bits per heavy atom. The molecule has 1 unspecified atom stereocenters. The number of hydrogen-bond donors (Lipinski definition) is 0. The van der Waals surface area contributed by atoms with Gasteiger partial charge in [0.2, 0.25) is 0 Å². The largest absolute Gasteiger partial charge is 0.271 e. The number of hydrazone groups is 1. The second kappa shape index (κ2) is 8.55. The highest BCUT2D eigenvalue weighted by molar-refractivity contribution is 6.30. The Labute approximate surface area is 175 Å². The summed E-state index contributed by atoms with van der Waals surface area (Å²) in [7, 11) is 0. The fraction of sp³-hybridized carbons (Fsp3) is 0.174. The summed E-state index contributed by atoms with van der Waals surface area (Å²) in [5.41, 5.74) is 3.82. The van der Waals surface area contributed by atoms with Crippen molar-refractivity contribution in [2.75, 3.05) is 6.54 Å². The molecule has 1 amide bonds. The zero-order chi connectivity index (χ0) is 20.2. The van der Waals surface area contributed by atoms with Gasteiger partial charge in [0.1, 0.15) is 6.17 Å². The Kier molecular flexibility index (Phi) is 5.69. The summed E-state index contributed by atoms with van der Waals surface area (Å²) in [5, 5.41) is 6.96. The minimum Gasteiger partial charge on any atom is -0.271 e. The van der Waals surface area contributed by atoms with E-state index in [4.69, 9.17) is 16.7 Å². The predicted octanol–water partition coefficient (Wildman–Crippen LogP) is 4.50. The van der Waals surface area contributed by atoms with Gasteiger partial charge in [-0.1, -0.05) is 54.1 Å². The molecule has 3 aromatic rings. The van der Waals surface area contributed by atoms with E-state index in [1.807, 2.05) is 61.5 Å². The maximum Gasteiger partial charge on any atom is 0.258 e. The zero-order valence-corrected chi connectivity index (χ0v) is 16.8. The number of hydrogen-bond acceptors (Lipinski definition) is 4. The third kappa shape index (κ3) is 4.36. The average Bonchev–Trinajstić information content (AvgIpc) is 3.04. The molecule has 1 atom stereocenters. The molecule has 146 valence electrons. The van der Waals surface area contributed by atoms with Gasteiger partial charge in [0.15, 0.2) is 0 Å². The van der Waals surface area contributed by atoms with Crippen LogP contribution < -0.4 is 0 Å². The highest BCUT2D eigenvalue weighted by Gasteiger charge is 2.39. The van der Waals surface area contributed by atoms with E-state index >= 15 is 0 Å². The maximum atomic E-state index is 12.9. The van der Waals surface area contributed by atoms with E-state index in [0.29, 0.717) is 18.1 Å². The molecule has 2 heterocycles. The van der Waals surface area contributed by atoms with Crippen LogP contribution in [0.25, 0.3) is 0 Å². The van der Waals surface area contributed by atoms with Crippen molar-refractivity contribution in [1.82, 2.24) is 14.9 Å². The Bertz CT molecular complexity index is 1010. The SMILES string of the molecule is CC(=NN1C(=O)CN(Cc2ccccc2)C1c1ccncc1)c1ccc(Cl)cc1. The number of halogens is 1. The van der Waals surface area contributed by atoms with Gasteiger partial charge in [0, 0.05) is 24.0 Å². The molecular weight excluding hydrogens is 384 g/mol. The molecule has 0 N–H and O–H groups in total. The molecular formula is C23H21ClN4O. The lowest BCUT2D eigenvalue weighted by molar-refractivity contribution is -0.128. The van der Waals surface area contributed by atoms with Crippen molar-refractivity contribution in [1.29, 1.82) is 0 Å². The van der Waals surface area contributed by atoms with Gasteiger partial charge >= 0.3 is 0 Å². The molecule has 0 radical (unpaired) electrons. The lowest BCUT2D eigenvalue weighted by Crippen LogP contribution is -2.29. The van der Waals surface area contributed by atoms with Gasteiger partial charge in [0.25, 0.3) is 5.91 Å². The van der Waals surface area contributed by atoms with E-state index in [1.54, 1.807) is 17.4 Å². The lowest BCUT2D eigenvalue weighted by Gasteiger charge is -2.27. The van der Waals surface area contributed by atoms with Crippen LogP contribution in [0.3, 0.4) is 0 Å². The van der Waals surface area contributed by atoms with Crippen molar-refractivity contribution in [3.05, 3.63) is 101 Å². The monoisotopic (exact) mass is 404 g/mol. The number of aromatic nitrogens is 1. The summed E-state index contributed by atoms with van der Waals surface area (Å²) in [6.45, 7) is 2.87. The zero-order valence-electron chi connectivity index (χ0n) is 16.1. The minimum atomic E-state index is -0.284. The van der Waals surface area contributed by atoms with Crippen LogP contribution in [0.15, 0.2) is 84.2 Å². The van der Waals surface area contributed by atoms with Crippen LogP contribution in [-0.4, -0.2) is 33.1 Å². The standard InChI is InChI=1S/C23H21ClN4O/c1-17(19-7-9-21(24)10-8-19)26-28-22(29)16-27(15-18-5-3-2-4-6-18)23(28)20-11-13-25-14-12-20/h2-14,23H,15-16H2,1H3. The smallest absolute Gasteiger partial charge is 0.258 e. The Morgan fingerprint density at radius 2 is 1.76 bits per heavy atom. The third-order valence-electron chi connectivity index (χ3n) is 4.92. The summed E-state index contributed by atoms with van der Waals surface area (Å²) >= 11 is 5.99. The Balaban J connectivity index is 1.68. The molecule has 4 rings (SSSR count). The van der Waals surface area contributed by atoms with Crippen LogP contribution in [0.2, 0.25) is 5.02 Å². The predicted molar refractivity (Wildman–Crippen MR) is 114 cm³/mol. The van der Waals surface area contributed by atoms with Gasteiger partial charge in [-0.05, 0) is 47.9 Å². The number of pyridine rings is 1. The fourth-order valence-electron chi connectivity index (χ4n) is 3.49. The van der Waals surface area contributed by atoms with Crippen LogP contribution in [0.4, 0.5) is 0 Å². The number of benzene rings is 2. The first-order valence-corrected chi connectivity index (χ1v) is 9.81. The van der Waals surface area contributed by atoms with Crippen LogP contribution in [-0.2, 0) is 11.3 Å². The minimum absolute atomic E-state index is 0.0314. The molecule has 1 saturated heterocycles. The summed E-state index contributed by atoms with van der Waals surface area (Å²) in [6, 6.07) is 21.5. The van der Waals surface area contributed by atoms with Crippen molar-refractivity contribution in [3.8, 4) is 0 Å². The quantitative estimate of drug-likeness (QED) is 0.588. The van der Waals surface area contributed by atoms with E-state index in [1.165, 1.54) is 0 Å². The van der Waals surface area contributed by atoms with Gasteiger partial charge in [-0.25, -0.2) is 5.01 Å². The number of nitrogens with zero attached hydrogens (tertiary/aromatic N) is 4. The second-order valence-corrected chi connectivity index (χ2v) is 7.41. The molecule has 0 bridgehead atoms.